The van der Waals surface area contributed by atoms with Crippen molar-refractivity contribution >= 4 is 17.5 Å². The van der Waals surface area contributed by atoms with E-state index in [1.165, 1.54) is 5.56 Å². The maximum Gasteiger partial charge on any atom is 0.228 e. The molecule has 3 rings (SSSR count). The van der Waals surface area contributed by atoms with Crippen molar-refractivity contribution in [3.05, 3.63) is 59.2 Å². The Morgan fingerprint density at radius 2 is 1.78 bits per heavy atom. The summed E-state index contributed by atoms with van der Waals surface area (Å²) in [5, 5.41) is 5.85. The van der Waals surface area contributed by atoms with Crippen LogP contribution in [0.5, 0.6) is 5.75 Å². The Morgan fingerprint density at radius 3 is 2.52 bits per heavy atom. The van der Waals surface area contributed by atoms with Gasteiger partial charge in [0.15, 0.2) is 0 Å². The summed E-state index contributed by atoms with van der Waals surface area (Å²) in [6, 6.07) is 13.6. The highest BCUT2D eigenvalue weighted by molar-refractivity contribution is 5.99. The molecule has 27 heavy (non-hydrogen) atoms. The number of para-hydroxylation sites is 1. The van der Waals surface area contributed by atoms with Gasteiger partial charge in [0.05, 0.1) is 18.9 Å². The number of carbonyl (C=O) groups excluding carboxylic acids is 2. The molecular formula is C22H26N2O3. The first-order chi connectivity index (χ1) is 13.0. The molecule has 0 aromatic heterocycles. The molecule has 2 aromatic rings. The molecule has 5 nitrogen and oxygen atoms in total. The predicted molar refractivity (Wildman–Crippen MR) is 106 cm³/mol. The van der Waals surface area contributed by atoms with E-state index >= 15 is 0 Å². The third-order valence-electron chi connectivity index (χ3n) is 5.12. The summed E-state index contributed by atoms with van der Waals surface area (Å²) < 4.78 is 5.32. The summed E-state index contributed by atoms with van der Waals surface area (Å²) in [5.74, 6) is 0.226. The van der Waals surface area contributed by atoms with Crippen LogP contribution in [0.15, 0.2) is 42.5 Å². The van der Waals surface area contributed by atoms with E-state index in [2.05, 4.69) is 10.6 Å². The predicted octanol–water partition coefficient (Wildman–Crippen LogP) is 3.25. The summed E-state index contributed by atoms with van der Waals surface area (Å²) in [7, 11) is 1.64. The molecule has 1 fully saturated rings. The molecule has 1 aliphatic carbocycles. The van der Waals surface area contributed by atoms with Crippen molar-refractivity contribution in [3.8, 4) is 5.75 Å². The number of hydrogen-bond acceptors (Lipinski definition) is 3. The first-order valence-electron chi connectivity index (χ1n) is 9.27. The lowest BCUT2D eigenvalue weighted by atomic mass is 10.1. The highest BCUT2D eigenvalue weighted by Gasteiger charge is 2.47. The molecule has 5 heteroatoms. The minimum absolute atomic E-state index is 0.0508. The molecule has 142 valence electrons. The van der Waals surface area contributed by atoms with Crippen molar-refractivity contribution in [3.63, 3.8) is 0 Å². The Hall–Kier alpha value is -2.82. The zero-order valence-electron chi connectivity index (χ0n) is 16.0. The first kappa shape index (κ1) is 19.0. The van der Waals surface area contributed by atoms with E-state index in [1.54, 1.807) is 7.11 Å². The normalized spacial score (nSPS) is 17.9. The van der Waals surface area contributed by atoms with Gasteiger partial charge in [-0.05, 0) is 61.6 Å². The van der Waals surface area contributed by atoms with E-state index in [0.717, 1.165) is 22.6 Å². The summed E-state index contributed by atoms with van der Waals surface area (Å²) in [6.45, 7) is 4.58. The zero-order valence-corrected chi connectivity index (χ0v) is 16.0. The van der Waals surface area contributed by atoms with Gasteiger partial charge in [-0.1, -0.05) is 24.3 Å². The number of ether oxygens (including phenoxy) is 1. The van der Waals surface area contributed by atoms with Crippen molar-refractivity contribution in [1.29, 1.82) is 0 Å². The van der Waals surface area contributed by atoms with E-state index in [1.807, 2.05) is 56.3 Å². The van der Waals surface area contributed by atoms with Crippen LogP contribution in [0, 0.1) is 25.7 Å². The fourth-order valence-corrected chi connectivity index (χ4v) is 3.19. The molecule has 2 N–H and O–H groups in total. The molecule has 2 atom stereocenters. The smallest absolute Gasteiger partial charge is 0.228 e. The maximum absolute atomic E-state index is 12.4. The second kappa shape index (κ2) is 8.25. The zero-order chi connectivity index (χ0) is 19.4. The van der Waals surface area contributed by atoms with E-state index in [9.17, 15) is 9.59 Å². The standard InChI is InChI=1S/C22H26N2O3/c1-14-8-9-17(12-15(14)2)24-22(26)19-13-18(19)21(25)23-11-10-16-6-4-5-7-20(16)27-3/h4-9,12,18-19H,10-11,13H2,1-3H3,(H,23,25)(H,24,26). The van der Waals surface area contributed by atoms with Gasteiger partial charge in [0.2, 0.25) is 11.8 Å². The Balaban J connectivity index is 1.45. The highest BCUT2D eigenvalue weighted by Crippen LogP contribution is 2.39. The molecule has 0 spiro atoms. The van der Waals surface area contributed by atoms with Crippen LogP contribution in [-0.4, -0.2) is 25.5 Å². The van der Waals surface area contributed by atoms with Gasteiger partial charge >= 0.3 is 0 Å². The number of amides is 2. The number of carbonyl (C=O) groups is 2. The lowest BCUT2D eigenvalue weighted by Crippen LogP contribution is -2.29. The number of benzene rings is 2. The lowest BCUT2D eigenvalue weighted by Gasteiger charge is -2.09. The molecule has 1 aliphatic rings. The third-order valence-corrected chi connectivity index (χ3v) is 5.12. The van der Waals surface area contributed by atoms with Crippen LogP contribution in [0.1, 0.15) is 23.1 Å². The Morgan fingerprint density at radius 1 is 1.04 bits per heavy atom. The average Bonchev–Trinajstić information content (AvgIpc) is 3.46. The largest absolute Gasteiger partial charge is 0.496 e. The SMILES string of the molecule is COc1ccccc1CCNC(=O)C1CC1C(=O)Nc1ccc(C)c(C)c1. The topological polar surface area (TPSA) is 67.4 Å². The van der Waals surface area contributed by atoms with Crippen LogP contribution in [0.2, 0.25) is 0 Å². The van der Waals surface area contributed by atoms with Crippen molar-refractivity contribution in [2.24, 2.45) is 11.8 Å². The molecule has 0 bridgehead atoms. The second-order valence-corrected chi connectivity index (χ2v) is 7.09. The number of hydrogen-bond donors (Lipinski definition) is 2. The van der Waals surface area contributed by atoms with E-state index in [4.69, 9.17) is 4.74 Å². The van der Waals surface area contributed by atoms with E-state index < -0.39 is 0 Å². The second-order valence-electron chi connectivity index (χ2n) is 7.09. The van der Waals surface area contributed by atoms with Gasteiger partial charge in [-0.2, -0.15) is 0 Å². The monoisotopic (exact) mass is 366 g/mol. The van der Waals surface area contributed by atoms with Crippen molar-refractivity contribution in [2.75, 3.05) is 19.0 Å². The van der Waals surface area contributed by atoms with Crippen LogP contribution >= 0.6 is 0 Å². The molecule has 2 unspecified atom stereocenters. The number of rotatable bonds is 7. The summed E-state index contributed by atoms with van der Waals surface area (Å²) in [6.07, 6.45) is 1.30. The molecule has 0 aliphatic heterocycles. The number of methoxy groups -OCH3 is 1. The number of nitrogens with one attached hydrogen (secondary N) is 2. The minimum atomic E-state index is -0.238. The fourth-order valence-electron chi connectivity index (χ4n) is 3.19. The van der Waals surface area contributed by atoms with Crippen LogP contribution < -0.4 is 15.4 Å². The minimum Gasteiger partial charge on any atom is -0.496 e. The van der Waals surface area contributed by atoms with Crippen molar-refractivity contribution < 1.29 is 14.3 Å². The van der Waals surface area contributed by atoms with Gasteiger partial charge in [-0.25, -0.2) is 0 Å². The van der Waals surface area contributed by atoms with Gasteiger partial charge in [-0.15, -0.1) is 0 Å². The quantitative estimate of drug-likeness (QED) is 0.790. The van der Waals surface area contributed by atoms with Crippen LogP contribution in [-0.2, 0) is 16.0 Å². The fraction of sp³-hybridized carbons (Fsp3) is 0.364. The Kier molecular flexibility index (Phi) is 5.79. The van der Waals surface area contributed by atoms with Crippen LogP contribution in [0.25, 0.3) is 0 Å². The molecule has 2 amide bonds. The highest BCUT2D eigenvalue weighted by atomic mass is 16.5. The molecule has 0 heterocycles. The summed E-state index contributed by atoms with van der Waals surface area (Å²) >= 11 is 0. The Bertz CT molecular complexity index is 847. The molecule has 0 saturated heterocycles. The van der Waals surface area contributed by atoms with Gasteiger partial charge in [-0.3, -0.25) is 9.59 Å². The van der Waals surface area contributed by atoms with Crippen LogP contribution in [0.3, 0.4) is 0 Å². The van der Waals surface area contributed by atoms with Gasteiger partial charge in [0.25, 0.3) is 0 Å². The molecule has 2 aromatic carbocycles. The molecule has 0 radical (unpaired) electrons. The summed E-state index contributed by atoms with van der Waals surface area (Å²) in [4.78, 5) is 24.7. The van der Waals surface area contributed by atoms with Crippen molar-refractivity contribution in [1.82, 2.24) is 5.32 Å². The van der Waals surface area contributed by atoms with E-state index in [-0.39, 0.29) is 23.7 Å². The molecular weight excluding hydrogens is 340 g/mol. The van der Waals surface area contributed by atoms with Crippen LogP contribution in [0.4, 0.5) is 5.69 Å². The van der Waals surface area contributed by atoms with Gasteiger partial charge in [0, 0.05) is 12.2 Å². The maximum atomic E-state index is 12.4. The van der Waals surface area contributed by atoms with Gasteiger partial charge in [0.1, 0.15) is 5.75 Å². The lowest BCUT2D eigenvalue weighted by molar-refractivity contribution is -0.125. The number of aryl methyl sites for hydroxylation is 2. The van der Waals surface area contributed by atoms with E-state index in [0.29, 0.717) is 19.4 Å². The number of anilines is 1. The average molecular weight is 366 g/mol. The summed E-state index contributed by atoms with van der Waals surface area (Å²) in [5.41, 5.74) is 4.16. The Labute approximate surface area is 160 Å². The van der Waals surface area contributed by atoms with Gasteiger partial charge < -0.3 is 15.4 Å². The third kappa shape index (κ3) is 4.67. The molecule has 1 saturated carbocycles. The first-order valence-corrected chi connectivity index (χ1v) is 9.27. The van der Waals surface area contributed by atoms with Crippen molar-refractivity contribution in [2.45, 2.75) is 26.7 Å².